The molecule has 2 aliphatic heterocycles. The minimum absolute atomic E-state index is 0.117. The third-order valence-electron chi connectivity index (χ3n) is 6.01. The van der Waals surface area contributed by atoms with Gasteiger partial charge in [0.2, 0.25) is 0 Å². The van der Waals surface area contributed by atoms with Gasteiger partial charge in [-0.3, -0.25) is 19.9 Å². The van der Waals surface area contributed by atoms with E-state index in [0.717, 1.165) is 19.4 Å². The zero-order valence-electron chi connectivity index (χ0n) is 18.9. The summed E-state index contributed by atoms with van der Waals surface area (Å²) in [6.07, 6.45) is 1.51. The molecular formula is C23H30N3O6+. The minimum Gasteiger partial charge on any atom is -0.465 e. The smallest absolute Gasteiger partial charge is 0.337 e. The number of likely N-dealkylation sites (N-methyl/N-ethyl adjacent to an activating group) is 1. The Morgan fingerprint density at radius 2 is 2.06 bits per heavy atom. The largest absolute Gasteiger partial charge is 0.465 e. The lowest BCUT2D eigenvalue weighted by Crippen LogP contribution is -3.11. The van der Waals surface area contributed by atoms with Crippen LogP contribution in [0.25, 0.3) is 0 Å². The van der Waals surface area contributed by atoms with Crippen molar-refractivity contribution in [2.24, 2.45) is 10.9 Å². The lowest BCUT2D eigenvalue weighted by molar-refractivity contribution is -0.888. The topological polar surface area (TPSA) is 113 Å². The van der Waals surface area contributed by atoms with Crippen molar-refractivity contribution in [2.75, 3.05) is 26.7 Å². The highest BCUT2D eigenvalue weighted by Crippen LogP contribution is 2.41. The van der Waals surface area contributed by atoms with Crippen molar-refractivity contribution in [3.05, 3.63) is 51.2 Å². The number of nitro groups is 1. The molecule has 2 aliphatic rings. The van der Waals surface area contributed by atoms with Gasteiger partial charge in [0.1, 0.15) is 12.5 Å². The van der Waals surface area contributed by atoms with Gasteiger partial charge in [-0.2, -0.15) is 0 Å². The summed E-state index contributed by atoms with van der Waals surface area (Å²) >= 11 is 0. The van der Waals surface area contributed by atoms with E-state index in [2.05, 4.69) is 12.0 Å². The standard InChI is InChI=1S/C23H29N3O6/c1-5-31-22(27)19-14(2)24-15(3)20(23(28)32-18-10-7-11-25(4)13-18)21(19)16-8-6-9-17(12-16)26(29)30/h6,8-9,12,18-19,21H,5,7,10-11,13H2,1-4H3/p+1/t18-,19?,21+/m0/s1. The number of aliphatic imine (C=N–C) groups is 1. The number of nitrogens with zero attached hydrogens (tertiary/aromatic N) is 2. The van der Waals surface area contributed by atoms with Crippen molar-refractivity contribution in [3.63, 3.8) is 0 Å². The second-order valence-corrected chi connectivity index (χ2v) is 8.39. The van der Waals surface area contributed by atoms with Gasteiger partial charge < -0.3 is 14.4 Å². The second kappa shape index (κ2) is 10.0. The van der Waals surface area contributed by atoms with Crippen LogP contribution in [-0.2, 0) is 19.1 Å². The summed E-state index contributed by atoms with van der Waals surface area (Å²) in [6.45, 7) is 7.02. The van der Waals surface area contributed by atoms with Gasteiger partial charge in [0.15, 0.2) is 6.10 Å². The first-order valence-corrected chi connectivity index (χ1v) is 10.9. The molecule has 0 aliphatic carbocycles. The van der Waals surface area contributed by atoms with Crippen LogP contribution in [0.2, 0.25) is 0 Å². The summed E-state index contributed by atoms with van der Waals surface area (Å²) in [5.41, 5.74) is 1.55. The first-order chi connectivity index (χ1) is 15.2. The molecular weight excluding hydrogens is 414 g/mol. The molecule has 1 saturated heterocycles. The fourth-order valence-corrected chi connectivity index (χ4v) is 4.57. The van der Waals surface area contributed by atoms with Crippen LogP contribution in [-0.4, -0.2) is 55.4 Å². The van der Waals surface area contributed by atoms with Crippen LogP contribution in [0, 0.1) is 16.0 Å². The molecule has 1 aromatic rings. The van der Waals surface area contributed by atoms with Crippen LogP contribution < -0.4 is 4.90 Å². The van der Waals surface area contributed by atoms with Crippen LogP contribution in [0.1, 0.15) is 45.1 Å². The molecule has 0 radical (unpaired) electrons. The maximum absolute atomic E-state index is 13.4. The summed E-state index contributed by atoms with van der Waals surface area (Å²) in [7, 11) is 2.06. The van der Waals surface area contributed by atoms with Crippen molar-refractivity contribution in [1.29, 1.82) is 0 Å². The first-order valence-electron chi connectivity index (χ1n) is 10.9. The summed E-state index contributed by atoms with van der Waals surface area (Å²) in [5.74, 6) is -2.72. The van der Waals surface area contributed by atoms with Crippen LogP contribution in [0.4, 0.5) is 5.69 Å². The van der Waals surface area contributed by atoms with Gasteiger partial charge in [-0.1, -0.05) is 12.1 Å². The second-order valence-electron chi connectivity index (χ2n) is 8.39. The number of hydrogen-bond acceptors (Lipinski definition) is 7. The summed E-state index contributed by atoms with van der Waals surface area (Å²) < 4.78 is 11.1. The molecule has 3 rings (SSSR count). The maximum Gasteiger partial charge on any atom is 0.337 e. The monoisotopic (exact) mass is 444 g/mol. The van der Waals surface area contributed by atoms with Gasteiger partial charge in [-0.05, 0) is 32.8 Å². The summed E-state index contributed by atoms with van der Waals surface area (Å²) in [4.78, 5) is 42.9. The predicted molar refractivity (Wildman–Crippen MR) is 118 cm³/mol. The third-order valence-corrected chi connectivity index (χ3v) is 6.01. The number of allylic oxidation sites excluding steroid dienone is 1. The molecule has 1 aromatic carbocycles. The summed E-state index contributed by atoms with van der Waals surface area (Å²) in [6, 6.07) is 6.01. The molecule has 0 bridgehead atoms. The molecule has 9 heteroatoms. The van der Waals surface area contributed by atoms with E-state index in [1.165, 1.54) is 17.0 Å². The number of ether oxygens (including phenoxy) is 2. The molecule has 1 fully saturated rings. The van der Waals surface area contributed by atoms with Gasteiger partial charge in [-0.25, -0.2) is 4.79 Å². The SMILES string of the molecule is CCOC(=O)C1C(C)=NC(C)=C(C(=O)O[C@H]2CCC[NH+](C)C2)[C@@H]1c1cccc([N+](=O)[O-])c1. The highest BCUT2D eigenvalue weighted by Gasteiger charge is 2.43. The zero-order valence-corrected chi connectivity index (χ0v) is 18.9. The molecule has 4 atom stereocenters. The molecule has 9 nitrogen and oxygen atoms in total. The van der Waals surface area contributed by atoms with E-state index in [4.69, 9.17) is 9.47 Å². The molecule has 0 spiro atoms. The van der Waals surface area contributed by atoms with Crippen molar-refractivity contribution in [2.45, 2.75) is 45.6 Å². The van der Waals surface area contributed by atoms with Crippen LogP contribution in [0.3, 0.4) is 0 Å². The van der Waals surface area contributed by atoms with E-state index in [9.17, 15) is 19.7 Å². The van der Waals surface area contributed by atoms with E-state index in [0.29, 0.717) is 23.5 Å². The first kappa shape index (κ1) is 23.6. The fraction of sp³-hybridized carbons (Fsp3) is 0.522. The number of carbonyl (C=O) groups excluding carboxylic acids is 2. The molecule has 0 saturated carbocycles. The molecule has 0 amide bonds. The number of carbonyl (C=O) groups is 2. The molecule has 1 N–H and O–H groups in total. The predicted octanol–water partition coefficient (Wildman–Crippen LogP) is 1.83. The average molecular weight is 445 g/mol. The number of quaternary nitrogens is 1. The maximum atomic E-state index is 13.4. The highest BCUT2D eigenvalue weighted by molar-refractivity contribution is 6.07. The number of likely N-dealkylation sites (tertiary alicyclic amines) is 1. The van der Waals surface area contributed by atoms with Crippen molar-refractivity contribution in [1.82, 2.24) is 0 Å². The zero-order chi connectivity index (χ0) is 23.4. The Bertz CT molecular complexity index is 970. The van der Waals surface area contributed by atoms with E-state index in [-0.39, 0.29) is 24.0 Å². The summed E-state index contributed by atoms with van der Waals surface area (Å²) in [5, 5.41) is 11.4. The molecule has 2 unspecified atom stereocenters. The van der Waals surface area contributed by atoms with Crippen molar-refractivity contribution in [3.8, 4) is 0 Å². The fourth-order valence-electron chi connectivity index (χ4n) is 4.57. The highest BCUT2D eigenvalue weighted by atomic mass is 16.6. The number of non-ortho nitro benzene ring substituents is 1. The lowest BCUT2D eigenvalue weighted by atomic mass is 9.75. The van der Waals surface area contributed by atoms with E-state index >= 15 is 0 Å². The Balaban J connectivity index is 2.05. The van der Waals surface area contributed by atoms with E-state index in [1.807, 2.05) is 0 Å². The number of nitrogens with one attached hydrogen (secondary N) is 1. The Kier molecular flexibility index (Phi) is 7.40. The van der Waals surface area contributed by atoms with Crippen LogP contribution >= 0.6 is 0 Å². The number of esters is 2. The Morgan fingerprint density at radius 3 is 2.72 bits per heavy atom. The number of hydrogen-bond donors (Lipinski definition) is 1. The Labute approximate surface area is 187 Å². The van der Waals surface area contributed by atoms with Gasteiger partial charge in [0.25, 0.3) is 5.69 Å². The molecule has 32 heavy (non-hydrogen) atoms. The quantitative estimate of drug-likeness (QED) is 0.407. The van der Waals surface area contributed by atoms with Gasteiger partial charge in [-0.15, -0.1) is 0 Å². The normalized spacial score (nSPS) is 25.7. The average Bonchev–Trinajstić information content (AvgIpc) is 2.73. The van der Waals surface area contributed by atoms with Crippen LogP contribution in [0.15, 0.2) is 40.5 Å². The Hall–Kier alpha value is -3.07. The molecule has 2 heterocycles. The van der Waals surface area contributed by atoms with Gasteiger partial charge in [0.05, 0.1) is 30.7 Å². The van der Waals surface area contributed by atoms with E-state index in [1.54, 1.807) is 32.9 Å². The van der Waals surface area contributed by atoms with Gasteiger partial charge >= 0.3 is 11.9 Å². The number of benzene rings is 1. The van der Waals surface area contributed by atoms with Gasteiger partial charge in [0, 0.05) is 35.9 Å². The number of nitro benzene ring substituents is 1. The van der Waals surface area contributed by atoms with Crippen molar-refractivity contribution < 1.29 is 28.9 Å². The number of rotatable bonds is 6. The van der Waals surface area contributed by atoms with E-state index < -0.39 is 28.7 Å². The van der Waals surface area contributed by atoms with Crippen LogP contribution in [0.5, 0.6) is 0 Å². The lowest BCUT2D eigenvalue weighted by Gasteiger charge is -2.33. The Morgan fingerprint density at radius 1 is 1.31 bits per heavy atom. The molecule has 172 valence electrons. The molecule has 0 aromatic heterocycles. The minimum atomic E-state index is -0.872. The third kappa shape index (κ3) is 5.04. The number of piperidine rings is 1. The van der Waals surface area contributed by atoms with Crippen molar-refractivity contribution >= 4 is 23.3 Å².